The van der Waals surface area contributed by atoms with Crippen LogP contribution in [-0.4, -0.2) is 27.6 Å². The van der Waals surface area contributed by atoms with Gasteiger partial charge in [0.2, 0.25) is 11.2 Å². The highest BCUT2D eigenvalue weighted by Gasteiger charge is 2.33. The molecule has 16 heavy (non-hydrogen) atoms. The van der Waals surface area contributed by atoms with Crippen LogP contribution in [0.5, 0.6) is 6.01 Å². The molecule has 0 amide bonds. The SMILES string of the molecule is CCCOc1nc(Cl)nc(NC2CC2C)n1. The summed E-state index contributed by atoms with van der Waals surface area (Å²) < 4.78 is 5.32. The van der Waals surface area contributed by atoms with E-state index in [9.17, 15) is 0 Å². The van der Waals surface area contributed by atoms with Crippen molar-refractivity contribution in [2.75, 3.05) is 11.9 Å². The van der Waals surface area contributed by atoms with Gasteiger partial charge in [0.1, 0.15) is 0 Å². The van der Waals surface area contributed by atoms with E-state index in [1.54, 1.807) is 0 Å². The molecular weight excluding hydrogens is 228 g/mol. The molecule has 2 atom stereocenters. The summed E-state index contributed by atoms with van der Waals surface area (Å²) >= 11 is 5.79. The standard InChI is InChI=1S/C10H15ClN4O/c1-3-4-16-10-14-8(11)13-9(15-10)12-7-5-6(7)2/h6-7H,3-5H2,1-2H3,(H,12,13,14,15). The van der Waals surface area contributed by atoms with Gasteiger partial charge in [0, 0.05) is 6.04 Å². The number of rotatable bonds is 5. The predicted molar refractivity (Wildman–Crippen MR) is 61.8 cm³/mol. The molecule has 1 heterocycles. The third-order valence-corrected chi connectivity index (χ3v) is 2.62. The number of nitrogens with zero attached hydrogens (tertiary/aromatic N) is 3. The molecule has 1 aliphatic carbocycles. The monoisotopic (exact) mass is 242 g/mol. The highest BCUT2D eigenvalue weighted by atomic mass is 35.5. The molecule has 0 bridgehead atoms. The van der Waals surface area contributed by atoms with Gasteiger partial charge in [0.15, 0.2) is 0 Å². The van der Waals surface area contributed by atoms with Crippen molar-refractivity contribution in [3.63, 3.8) is 0 Å². The van der Waals surface area contributed by atoms with E-state index >= 15 is 0 Å². The summed E-state index contributed by atoms with van der Waals surface area (Å²) in [6.07, 6.45) is 2.06. The van der Waals surface area contributed by atoms with Gasteiger partial charge in [-0.1, -0.05) is 13.8 Å². The molecule has 1 aromatic rings. The summed E-state index contributed by atoms with van der Waals surface area (Å²) in [6.45, 7) is 4.78. The fraction of sp³-hybridized carbons (Fsp3) is 0.700. The molecule has 2 rings (SSSR count). The average Bonchev–Trinajstić information content (AvgIpc) is 2.90. The molecule has 6 heteroatoms. The second-order valence-electron chi connectivity index (χ2n) is 4.02. The molecule has 0 aliphatic heterocycles. The van der Waals surface area contributed by atoms with E-state index in [1.165, 1.54) is 0 Å². The second-order valence-corrected chi connectivity index (χ2v) is 4.36. The number of hydrogen-bond donors (Lipinski definition) is 1. The minimum Gasteiger partial charge on any atom is -0.463 e. The minimum absolute atomic E-state index is 0.164. The lowest BCUT2D eigenvalue weighted by atomic mass is 10.5. The van der Waals surface area contributed by atoms with Crippen molar-refractivity contribution >= 4 is 17.5 Å². The van der Waals surface area contributed by atoms with Gasteiger partial charge in [-0.15, -0.1) is 0 Å². The summed E-state index contributed by atoms with van der Waals surface area (Å²) in [5, 5.41) is 3.36. The first-order chi connectivity index (χ1) is 7.69. The lowest BCUT2D eigenvalue weighted by molar-refractivity contribution is 0.291. The van der Waals surface area contributed by atoms with Gasteiger partial charge in [0.25, 0.3) is 0 Å². The quantitative estimate of drug-likeness (QED) is 0.857. The fourth-order valence-corrected chi connectivity index (χ4v) is 1.50. The summed E-state index contributed by atoms with van der Waals surface area (Å²) in [5.41, 5.74) is 0. The zero-order valence-electron chi connectivity index (χ0n) is 9.40. The smallest absolute Gasteiger partial charge is 0.322 e. The van der Waals surface area contributed by atoms with E-state index in [-0.39, 0.29) is 11.3 Å². The van der Waals surface area contributed by atoms with E-state index in [0.717, 1.165) is 12.8 Å². The first-order valence-electron chi connectivity index (χ1n) is 5.50. The van der Waals surface area contributed by atoms with Crippen LogP contribution in [0.3, 0.4) is 0 Å². The summed E-state index contributed by atoms with van der Waals surface area (Å²) in [7, 11) is 0. The van der Waals surface area contributed by atoms with Crippen molar-refractivity contribution in [3.05, 3.63) is 5.28 Å². The lowest BCUT2D eigenvalue weighted by Crippen LogP contribution is -2.10. The molecule has 0 radical (unpaired) electrons. The average molecular weight is 243 g/mol. The molecule has 0 spiro atoms. The van der Waals surface area contributed by atoms with E-state index in [1.807, 2.05) is 6.92 Å². The molecule has 5 nitrogen and oxygen atoms in total. The van der Waals surface area contributed by atoms with Crippen LogP contribution >= 0.6 is 11.6 Å². The zero-order valence-corrected chi connectivity index (χ0v) is 10.2. The van der Waals surface area contributed by atoms with Gasteiger partial charge in [-0.2, -0.15) is 15.0 Å². The molecule has 0 saturated heterocycles. The van der Waals surface area contributed by atoms with Gasteiger partial charge in [-0.3, -0.25) is 0 Å². The molecule has 88 valence electrons. The van der Waals surface area contributed by atoms with Crippen LogP contribution in [0.4, 0.5) is 5.95 Å². The van der Waals surface area contributed by atoms with Crippen LogP contribution in [0.2, 0.25) is 5.28 Å². The maximum absolute atomic E-state index is 5.79. The third-order valence-electron chi connectivity index (χ3n) is 2.45. The van der Waals surface area contributed by atoms with E-state index in [2.05, 4.69) is 27.2 Å². The van der Waals surface area contributed by atoms with E-state index in [0.29, 0.717) is 24.5 Å². The Bertz CT molecular complexity index is 374. The Hall–Kier alpha value is -1.10. The van der Waals surface area contributed by atoms with Crippen molar-refractivity contribution in [1.82, 2.24) is 15.0 Å². The molecule has 1 aromatic heterocycles. The maximum Gasteiger partial charge on any atom is 0.322 e. The van der Waals surface area contributed by atoms with Crippen molar-refractivity contribution in [2.45, 2.75) is 32.7 Å². The van der Waals surface area contributed by atoms with Crippen LogP contribution in [0.1, 0.15) is 26.7 Å². The van der Waals surface area contributed by atoms with Crippen molar-refractivity contribution in [3.8, 4) is 6.01 Å². The van der Waals surface area contributed by atoms with Crippen LogP contribution in [-0.2, 0) is 0 Å². The Kier molecular flexibility index (Phi) is 3.43. The molecule has 1 aliphatic rings. The van der Waals surface area contributed by atoms with Gasteiger partial charge < -0.3 is 10.1 Å². The Morgan fingerprint density at radius 3 is 2.81 bits per heavy atom. The topological polar surface area (TPSA) is 59.9 Å². The third kappa shape index (κ3) is 2.95. The van der Waals surface area contributed by atoms with Gasteiger partial charge in [0.05, 0.1) is 6.61 Å². The highest BCUT2D eigenvalue weighted by molar-refractivity contribution is 6.28. The number of hydrogen-bond acceptors (Lipinski definition) is 5. The Morgan fingerprint density at radius 2 is 2.19 bits per heavy atom. The minimum atomic E-state index is 0.164. The Balaban J connectivity index is 2.03. The molecular formula is C10H15ClN4O. The van der Waals surface area contributed by atoms with Gasteiger partial charge >= 0.3 is 6.01 Å². The zero-order chi connectivity index (χ0) is 11.5. The summed E-state index contributed by atoms with van der Waals surface area (Å²) in [6, 6.07) is 0.746. The second kappa shape index (κ2) is 4.82. The van der Waals surface area contributed by atoms with Crippen molar-refractivity contribution in [1.29, 1.82) is 0 Å². The molecule has 1 saturated carbocycles. The fourth-order valence-electron chi connectivity index (χ4n) is 1.34. The van der Waals surface area contributed by atoms with Gasteiger partial charge in [-0.05, 0) is 30.4 Å². The molecule has 1 fully saturated rings. The normalized spacial score (nSPS) is 22.9. The van der Waals surface area contributed by atoms with Crippen LogP contribution < -0.4 is 10.1 Å². The van der Waals surface area contributed by atoms with Crippen LogP contribution in [0.25, 0.3) is 0 Å². The van der Waals surface area contributed by atoms with Crippen molar-refractivity contribution < 1.29 is 4.74 Å². The van der Waals surface area contributed by atoms with E-state index in [4.69, 9.17) is 16.3 Å². The number of aromatic nitrogens is 3. The van der Waals surface area contributed by atoms with E-state index < -0.39 is 0 Å². The van der Waals surface area contributed by atoms with Crippen molar-refractivity contribution in [2.24, 2.45) is 5.92 Å². The Morgan fingerprint density at radius 1 is 1.44 bits per heavy atom. The predicted octanol–water partition coefficient (Wildman–Crippen LogP) is 2.13. The first-order valence-corrected chi connectivity index (χ1v) is 5.87. The first kappa shape index (κ1) is 11.4. The molecule has 0 aromatic carbocycles. The highest BCUT2D eigenvalue weighted by Crippen LogP contribution is 2.32. The number of halogens is 1. The molecule has 2 unspecified atom stereocenters. The summed E-state index contributed by atoms with van der Waals surface area (Å²) in [5.74, 6) is 1.18. The Labute approximate surface area is 99.6 Å². The largest absolute Gasteiger partial charge is 0.463 e. The number of ether oxygens (including phenoxy) is 1. The van der Waals surface area contributed by atoms with Crippen LogP contribution in [0.15, 0.2) is 0 Å². The number of nitrogens with one attached hydrogen (secondary N) is 1. The number of anilines is 1. The van der Waals surface area contributed by atoms with Gasteiger partial charge in [-0.25, -0.2) is 0 Å². The summed E-state index contributed by atoms with van der Waals surface area (Å²) in [4.78, 5) is 12.1. The molecule has 1 N–H and O–H groups in total. The lowest BCUT2D eigenvalue weighted by Gasteiger charge is -2.06. The van der Waals surface area contributed by atoms with Crippen LogP contribution in [0, 0.1) is 5.92 Å². The maximum atomic E-state index is 5.79.